The molecule has 0 aromatic heterocycles. The van der Waals surface area contributed by atoms with E-state index in [9.17, 15) is 9.59 Å². The maximum atomic E-state index is 11.0. The van der Waals surface area contributed by atoms with Crippen LogP contribution < -0.4 is 10.6 Å². The molecule has 0 aliphatic rings. The standard InChI is InChI=1S/C8H14N2O4/c1-3-4-9-8(14)10-6(5(2)11)7(12)13/h3,5-6,11H,1,4H2,2H3,(H,12,13)(H2,9,10,14). The molecule has 0 radical (unpaired) electrons. The molecule has 0 aromatic carbocycles. The van der Waals surface area contributed by atoms with Gasteiger partial charge in [0.25, 0.3) is 0 Å². The van der Waals surface area contributed by atoms with Crippen molar-refractivity contribution in [1.29, 1.82) is 0 Å². The lowest BCUT2D eigenvalue weighted by molar-refractivity contribution is -0.141. The van der Waals surface area contributed by atoms with Gasteiger partial charge in [-0.2, -0.15) is 0 Å². The van der Waals surface area contributed by atoms with Crippen LogP contribution in [0.4, 0.5) is 4.79 Å². The van der Waals surface area contributed by atoms with Crippen molar-refractivity contribution in [2.45, 2.75) is 19.1 Å². The highest BCUT2D eigenvalue weighted by Gasteiger charge is 2.24. The van der Waals surface area contributed by atoms with E-state index in [0.29, 0.717) is 0 Å². The van der Waals surface area contributed by atoms with Crippen LogP contribution in [0, 0.1) is 0 Å². The third-order valence-electron chi connectivity index (χ3n) is 1.44. The number of carboxylic acid groups (broad SMARTS) is 1. The van der Waals surface area contributed by atoms with Gasteiger partial charge >= 0.3 is 12.0 Å². The van der Waals surface area contributed by atoms with Crippen molar-refractivity contribution in [1.82, 2.24) is 10.6 Å². The molecule has 80 valence electrons. The highest BCUT2D eigenvalue weighted by molar-refractivity contribution is 5.82. The number of rotatable bonds is 5. The number of urea groups is 1. The molecule has 0 bridgehead atoms. The summed E-state index contributed by atoms with van der Waals surface area (Å²) in [4.78, 5) is 21.5. The second kappa shape index (κ2) is 5.98. The van der Waals surface area contributed by atoms with E-state index in [4.69, 9.17) is 10.2 Å². The molecule has 0 saturated heterocycles. The Labute approximate surface area is 81.6 Å². The summed E-state index contributed by atoms with van der Waals surface area (Å²) in [7, 11) is 0. The zero-order chi connectivity index (χ0) is 11.1. The first-order valence-corrected chi connectivity index (χ1v) is 4.05. The molecule has 14 heavy (non-hydrogen) atoms. The maximum Gasteiger partial charge on any atom is 0.328 e. The summed E-state index contributed by atoms with van der Waals surface area (Å²) in [5, 5.41) is 22.0. The third-order valence-corrected chi connectivity index (χ3v) is 1.44. The van der Waals surface area contributed by atoms with Gasteiger partial charge in [-0.3, -0.25) is 0 Å². The lowest BCUT2D eigenvalue weighted by Crippen LogP contribution is -2.51. The van der Waals surface area contributed by atoms with Crippen molar-refractivity contribution < 1.29 is 19.8 Å². The fraction of sp³-hybridized carbons (Fsp3) is 0.500. The molecule has 2 amide bonds. The van der Waals surface area contributed by atoms with Crippen LogP contribution in [0.5, 0.6) is 0 Å². The zero-order valence-electron chi connectivity index (χ0n) is 7.86. The fourth-order valence-corrected chi connectivity index (χ4v) is 0.746. The Hall–Kier alpha value is -1.56. The van der Waals surface area contributed by atoms with Crippen LogP contribution in [0.15, 0.2) is 12.7 Å². The maximum absolute atomic E-state index is 11.0. The van der Waals surface area contributed by atoms with Crippen molar-refractivity contribution in [3.63, 3.8) is 0 Å². The third kappa shape index (κ3) is 4.46. The number of carboxylic acids is 1. The number of amides is 2. The predicted octanol–water partition coefficient (Wildman–Crippen LogP) is -0.694. The van der Waals surface area contributed by atoms with Crippen molar-refractivity contribution in [2.24, 2.45) is 0 Å². The summed E-state index contributed by atoms with van der Waals surface area (Å²) in [6.07, 6.45) is 0.305. The quantitative estimate of drug-likeness (QED) is 0.443. The number of nitrogens with one attached hydrogen (secondary N) is 2. The Kier molecular flexibility index (Phi) is 5.31. The molecule has 0 spiro atoms. The number of aliphatic hydroxyl groups excluding tert-OH is 1. The zero-order valence-corrected chi connectivity index (χ0v) is 7.86. The Morgan fingerprint density at radius 1 is 1.57 bits per heavy atom. The Morgan fingerprint density at radius 2 is 2.14 bits per heavy atom. The van der Waals surface area contributed by atoms with Crippen LogP contribution in [0.1, 0.15) is 6.92 Å². The molecule has 0 aliphatic carbocycles. The smallest absolute Gasteiger partial charge is 0.328 e. The summed E-state index contributed by atoms with van der Waals surface area (Å²) >= 11 is 0. The SMILES string of the molecule is C=CCNC(=O)NC(C(=O)O)C(C)O. The Bertz CT molecular complexity index is 227. The molecule has 0 aromatic rings. The van der Waals surface area contributed by atoms with Crippen LogP contribution in [0.25, 0.3) is 0 Å². The number of hydrogen-bond donors (Lipinski definition) is 4. The van der Waals surface area contributed by atoms with E-state index in [1.165, 1.54) is 13.0 Å². The fourth-order valence-electron chi connectivity index (χ4n) is 0.746. The van der Waals surface area contributed by atoms with Crippen LogP contribution >= 0.6 is 0 Å². The largest absolute Gasteiger partial charge is 0.480 e. The van der Waals surface area contributed by atoms with Crippen molar-refractivity contribution in [3.8, 4) is 0 Å². The molecule has 6 nitrogen and oxygen atoms in total. The van der Waals surface area contributed by atoms with E-state index in [1.807, 2.05) is 0 Å². The molecule has 4 N–H and O–H groups in total. The highest BCUT2D eigenvalue weighted by atomic mass is 16.4. The van der Waals surface area contributed by atoms with Crippen LogP contribution in [-0.4, -0.2) is 40.9 Å². The molecule has 0 fully saturated rings. The molecule has 2 atom stereocenters. The van der Waals surface area contributed by atoms with Crippen LogP contribution in [0.2, 0.25) is 0 Å². The van der Waals surface area contributed by atoms with Gasteiger partial charge in [0.05, 0.1) is 6.10 Å². The second-order valence-electron chi connectivity index (χ2n) is 2.70. The molecule has 0 rings (SSSR count). The molecule has 0 saturated carbocycles. The van der Waals surface area contributed by atoms with E-state index in [0.717, 1.165) is 0 Å². The minimum absolute atomic E-state index is 0.234. The monoisotopic (exact) mass is 202 g/mol. The van der Waals surface area contributed by atoms with Gasteiger partial charge in [-0.15, -0.1) is 6.58 Å². The van der Waals surface area contributed by atoms with Crippen LogP contribution in [-0.2, 0) is 4.79 Å². The molecule has 2 unspecified atom stereocenters. The van der Waals surface area contributed by atoms with Gasteiger partial charge in [0.2, 0.25) is 0 Å². The van der Waals surface area contributed by atoms with Gasteiger partial charge in [0.1, 0.15) is 0 Å². The number of aliphatic carboxylic acids is 1. The number of carbonyl (C=O) groups excluding carboxylic acids is 1. The van der Waals surface area contributed by atoms with Crippen LogP contribution in [0.3, 0.4) is 0 Å². The number of hydrogen-bond acceptors (Lipinski definition) is 3. The first-order chi connectivity index (χ1) is 6.49. The topological polar surface area (TPSA) is 98.7 Å². The first-order valence-electron chi connectivity index (χ1n) is 4.05. The summed E-state index contributed by atoms with van der Waals surface area (Å²) in [5.41, 5.74) is 0. The van der Waals surface area contributed by atoms with Gasteiger partial charge in [0, 0.05) is 6.54 Å². The second-order valence-corrected chi connectivity index (χ2v) is 2.70. The minimum Gasteiger partial charge on any atom is -0.480 e. The molecular weight excluding hydrogens is 188 g/mol. The Morgan fingerprint density at radius 3 is 2.50 bits per heavy atom. The van der Waals surface area contributed by atoms with E-state index in [2.05, 4.69) is 17.2 Å². The van der Waals surface area contributed by atoms with Crippen molar-refractivity contribution >= 4 is 12.0 Å². The van der Waals surface area contributed by atoms with Crippen molar-refractivity contribution in [3.05, 3.63) is 12.7 Å². The average molecular weight is 202 g/mol. The number of carbonyl (C=O) groups is 2. The summed E-state index contributed by atoms with van der Waals surface area (Å²) in [6.45, 7) is 4.89. The molecule has 0 aliphatic heterocycles. The minimum atomic E-state index is -1.31. The molecular formula is C8H14N2O4. The summed E-state index contributed by atoms with van der Waals surface area (Å²) in [5.74, 6) is -1.28. The predicted molar refractivity (Wildman–Crippen MR) is 49.8 cm³/mol. The van der Waals surface area contributed by atoms with Gasteiger partial charge < -0.3 is 20.8 Å². The van der Waals surface area contributed by atoms with Gasteiger partial charge in [0.15, 0.2) is 6.04 Å². The summed E-state index contributed by atoms with van der Waals surface area (Å²) < 4.78 is 0. The normalized spacial score (nSPS) is 13.9. The van der Waals surface area contributed by atoms with Crippen molar-refractivity contribution in [2.75, 3.05) is 6.54 Å². The van der Waals surface area contributed by atoms with E-state index < -0.39 is 24.1 Å². The van der Waals surface area contributed by atoms with Gasteiger partial charge in [-0.1, -0.05) is 6.08 Å². The first kappa shape index (κ1) is 12.4. The van der Waals surface area contributed by atoms with Gasteiger partial charge in [-0.05, 0) is 6.92 Å². The Balaban J connectivity index is 4.09. The molecule has 6 heteroatoms. The van der Waals surface area contributed by atoms with E-state index >= 15 is 0 Å². The number of aliphatic hydroxyl groups is 1. The van der Waals surface area contributed by atoms with Gasteiger partial charge in [-0.25, -0.2) is 9.59 Å². The summed E-state index contributed by atoms with van der Waals surface area (Å²) in [6, 6.07) is -1.96. The lowest BCUT2D eigenvalue weighted by Gasteiger charge is -2.16. The average Bonchev–Trinajstić information content (AvgIpc) is 2.09. The van der Waals surface area contributed by atoms with E-state index in [1.54, 1.807) is 0 Å². The lowest BCUT2D eigenvalue weighted by atomic mass is 10.2. The highest BCUT2D eigenvalue weighted by Crippen LogP contribution is 1.92. The van der Waals surface area contributed by atoms with E-state index in [-0.39, 0.29) is 6.54 Å². The molecule has 0 heterocycles.